The molecule has 1 N–H and O–H groups in total. The van der Waals surface area contributed by atoms with E-state index in [-0.39, 0.29) is 17.5 Å². The van der Waals surface area contributed by atoms with Gasteiger partial charge in [0.15, 0.2) is 8.32 Å². The molecule has 2 aromatic carbocycles. The fraction of sp³-hybridized carbons (Fsp3) is 0.458. The van der Waals surface area contributed by atoms with Crippen molar-refractivity contribution in [3.63, 3.8) is 0 Å². The summed E-state index contributed by atoms with van der Waals surface area (Å²) in [5.74, 6) is 0.0334. The van der Waals surface area contributed by atoms with Gasteiger partial charge in [-0.2, -0.15) is 0 Å². The molecule has 2 aromatic rings. The van der Waals surface area contributed by atoms with E-state index < -0.39 is 20.5 Å². The number of carboxylic acid groups (broad SMARTS) is 1. The van der Waals surface area contributed by atoms with E-state index in [0.29, 0.717) is 24.3 Å². The quantitative estimate of drug-likeness (QED) is 0.448. The summed E-state index contributed by atoms with van der Waals surface area (Å²) >= 11 is 0. The van der Waals surface area contributed by atoms with Crippen molar-refractivity contribution in [2.45, 2.75) is 58.0 Å². The molecule has 0 radical (unpaired) electrons. The van der Waals surface area contributed by atoms with Gasteiger partial charge >= 0.3 is 6.09 Å². The highest BCUT2D eigenvalue weighted by molar-refractivity contribution is 6.74. The molecular weight excluding hydrogens is 413 g/mol. The molecule has 170 valence electrons. The maximum absolute atomic E-state index is 14.8. The SMILES string of the molecule is CN(CCC(Oc1ccc(CO[Si](C)(C)C(C)(C)C)c(F)c1)c1ccccc1)C(=O)O. The van der Waals surface area contributed by atoms with Crippen LogP contribution in [-0.2, 0) is 11.0 Å². The Morgan fingerprint density at radius 3 is 2.35 bits per heavy atom. The molecule has 0 fully saturated rings. The lowest BCUT2D eigenvalue weighted by Crippen LogP contribution is -2.40. The second kappa shape index (κ2) is 10.3. The number of ether oxygens (including phenoxy) is 1. The highest BCUT2D eigenvalue weighted by Crippen LogP contribution is 2.37. The molecule has 0 spiro atoms. The van der Waals surface area contributed by atoms with E-state index in [2.05, 4.69) is 33.9 Å². The van der Waals surface area contributed by atoms with Gasteiger partial charge in [0.05, 0.1) is 6.61 Å². The molecule has 0 aliphatic heterocycles. The fourth-order valence-corrected chi connectivity index (χ4v) is 3.67. The van der Waals surface area contributed by atoms with Crippen LogP contribution in [0.15, 0.2) is 48.5 Å². The summed E-state index contributed by atoms with van der Waals surface area (Å²) < 4.78 is 27.0. The van der Waals surface area contributed by atoms with E-state index in [9.17, 15) is 9.18 Å². The van der Waals surface area contributed by atoms with Crippen molar-refractivity contribution in [3.05, 3.63) is 65.5 Å². The van der Waals surface area contributed by atoms with E-state index in [1.807, 2.05) is 30.3 Å². The maximum atomic E-state index is 14.8. The van der Waals surface area contributed by atoms with Crippen LogP contribution in [0.5, 0.6) is 5.75 Å². The van der Waals surface area contributed by atoms with Crippen molar-refractivity contribution in [1.29, 1.82) is 0 Å². The first-order valence-corrected chi connectivity index (χ1v) is 13.4. The van der Waals surface area contributed by atoms with E-state index in [4.69, 9.17) is 14.3 Å². The van der Waals surface area contributed by atoms with Crippen molar-refractivity contribution in [1.82, 2.24) is 4.90 Å². The summed E-state index contributed by atoms with van der Waals surface area (Å²) in [4.78, 5) is 12.3. The predicted octanol–water partition coefficient (Wildman–Crippen LogP) is 6.47. The summed E-state index contributed by atoms with van der Waals surface area (Å²) in [7, 11) is -0.461. The summed E-state index contributed by atoms with van der Waals surface area (Å²) in [5.41, 5.74) is 1.41. The number of hydrogen-bond donors (Lipinski definition) is 1. The fourth-order valence-electron chi connectivity index (χ4n) is 2.73. The minimum Gasteiger partial charge on any atom is -0.486 e. The lowest BCUT2D eigenvalue weighted by atomic mass is 10.1. The second-order valence-electron chi connectivity index (χ2n) is 9.31. The Morgan fingerprint density at radius 2 is 1.81 bits per heavy atom. The van der Waals surface area contributed by atoms with Gasteiger partial charge in [-0.25, -0.2) is 9.18 Å². The van der Waals surface area contributed by atoms with Gasteiger partial charge in [0.2, 0.25) is 0 Å². The van der Waals surface area contributed by atoms with Gasteiger partial charge < -0.3 is 19.2 Å². The molecule has 5 nitrogen and oxygen atoms in total. The largest absolute Gasteiger partial charge is 0.486 e. The third kappa shape index (κ3) is 7.07. The Kier molecular flexibility index (Phi) is 8.25. The van der Waals surface area contributed by atoms with Crippen LogP contribution in [0.4, 0.5) is 9.18 Å². The molecule has 31 heavy (non-hydrogen) atoms. The van der Waals surface area contributed by atoms with Crippen molar-refractivity contribution in [3.8, 4) is 5.75 Å². The number of carbonyl (C=O) groups is 1. The summed E-state index contributed by atoms with van der Waals surface area (Å²) in [5, 5.41) is 9.16. The summed E-state index contributed by atoms with van der Waals surface area (Å²) in [6.45, 7) is 11.3. The van der Waals surface area contributed by atoms with Crippen molar-refractivity contribution in [2.24, 2.45) is 0 Å². The Bertz CT molecular complexity index is 868. The van der Waals surface area contributed by atoms with Crippen LogP contribution in [0.3, 0.4) is 0 Å². The van der Waals surface area contributed by atoms with Gasteiger partial charge in [-0.3, -0.25) is 0 Å². The van der Waals surface area contributed by atoms with Crippen molar-refractivity contribution in [2.75, 3.05) is 13.6 Å². The van der Waals surface area contributed by atoms with Crippen LogP contribution >= 0.6 is 0 Å². The standard InChI is InChI=1S/C24H34FNO4Si/c1-24(2,3)31(5,6)29-17-19-12-13-20(16-21(19)25)30-22(14-15-26(4)23(27)28)18-10-8-7-9-11-18/h7-13,16,22H,14-15,17H2,1-6H3,(H,27,28). The first-order valence-electron chi connectivity index (χ1n) is 10.5. The molecule has 1 unspecified atom stereocenters. The number of halogens is 1. The number of rotatable bonds is 9. The molecule has 0 saturated heterocycles. The monoisotopic (exact) mass is 447 g/mol. The van der Waals surface area contributed by atoms with E-state index in [0.717, 1.165) is 5.56 Å². The summed E-state index contributed by atoms with van der Waals surface area (Å²) in [6.07, 6.45) is -0.939. The number of amides is 1. The molecule has 0 aliphatic carbocycles. The van der Waals surface area contributed by atoms with Crippen LogP contribution < -0.4 is 4.74 Å². The van der Waals surface area contributed by atoms with Gasteiger partial charge in [-0.05, 0) is 29.8 Å². The van der Waals surface area contributed by atoms with Crippen LogP contribution in [0, 0.1) is 5.82 Å². The second-order valence-corrected chi connectivity index (χ2v) is 14.1. The molecule has 0 saturated carbocycles. The molecule has 0 heterocycles. The van der Waals surface area contributed by atoms with Crippen LogP contribution in [0.25, 0.3) is 0 Å². The zero-order valence-electron chi connectivity index (χ0n) is 19.3. The highest BCUT2D eigenvalue weighted by atomic mass is 28.4. The molecule has 7 heteroatoms. The number of nitrogens with zero attached hydrogens (tertiary/aromatic N) is 1. The molecule has 1 atom stereocenters. The topological polar surface area (TPSA) is 59.0 Å². The first kappa shape index (κ1) is 24.9. The molecule has 0 aromatic heterocycles. The van der Waals surface area contributed by atoms with Gasteiger partial charge in [0.25, 0.3) is 0 Å². The van der Waals surface area contributed by atoms with Crippen molar-refractivity contribution < 1.29 is 23.5 Å². The predicted molar refractivity (Wildman–Crippen MR) is 123 cm³/mol. The van der Waals surface area contributed by atoms with E-state index >= 15 is 0 Å². The Hall–Kier alpha value is -2.38. The third-order valence-corrected chi connectivity index (χ3v) is 10.4. The lowest BCUT2D eigenvalue weighted by molar-refractivity contribution is 0.140. The molecule has 1 amide bonds. The molecule has 2 rings (SSSR count). The molecular formula is C24H34FNO4Si. The highest BCUT2D eigenvalue weighted by Gasteiger charge is 2.37. The smallest absolute Gasteiger partial charge is 0.407 e. The minimum absolute atomic E-state index is 0.0541. The normalized spacial score (nSPS) is 13.0. The maximum Gasteiger partial charge on any atom is 0.407 e. The Morgan fingerprint density at radius 1 is 1.16 bits per heavy atom. The van der Waals surface area contributed by atoms with Crippen LogP contribution in [0.1, 0.15) is 44.4 Å². The average molecular weight is 448 g/mol. The zero-order valence-corrected chi connectivity index (χ0v) is 20.3. The zero-order chi connectivity index (χ0) is 23.2. The minimum atomic E-state index is -1.98. The van der Waals surface area contributed by atoms with Crippen LogP contribution in [-0.4, -0.2) is 38.0 Å². The number of benzene rings is 2. The average Bonchev–Trinajstić information content (AvgIpc) is 2.69. The first-order chi connectivity index (χ1) is 14.4. The molecule has 0 aliphatic rings. The summed E-state index contributed by atoms with van der Waals surface area (Å²) in [6, 6.07) is 14.4. The molecule has 0 bridgehead atoms. The van der Waals surface area contributed by atoms with Gasteiger partial charge in [0.1, 0.15) is 17.7 Å². The Labute approximate surface area is 185 Å². The van der Waals surface area contributed by atoms with E-state index in [1.165, 1.54) is 18.0 Å². The van der Waals surface area contributed by atoms with E-state index in [1.54, 1.807) is 12.1 Å². The number of hydrogen-bond acceptors (Lipinski definition) is 3. The van der Waals surface area contributed by atoms with Crippen molar-refractivity contribution >= 4 is 14.4 Å². The van der Waals surface area contributed by atoms with Gasteiger partial charge in [-0.15, -0.1) is 0 Å². The lowest BCUT2D eigenvalue weighted by Gasteiger charge is -2.36. The Balaban J connectivity index is 2.12. The third-order valence-electron chi connectivity index (χ3n) is 5.92. The van der Waals surface area contributed by atoms with Gasteiger partial charge in [0, 0.05) is 31.6 Å². The van der Waals surface area contributed by atoms with Gasteiger partial charge in [-0.1, -0.05) is 57.2 Å². The van der Waals surface area contributed by atoms with Crippen LogP contribution in [0.2, 0.25) is 18.1 Å².